The van der Waals surface area contributed by atoms with Gasteiger partial charge in [-0.25, -0.2) is 8.42 Å². The minimum Gasteiger partial charge on any atom is -0.309 e. The van der Waals surface area contributed by atoms with Gasteiger partial charge in [-0.1, -0.05) is 11.6 Å². The van der Waals surface area contributed by atoms with Crippen molar-refractivity contribution in [2.75, 3.05) is 9.62 Å². The van der Waals surface area contributed by atoms with Crippen LogP contribution in [0.5, 0.6) is 0 Å². The van der Waals surface area contributed by atoms with Crippen molar-refractivity contribution in [3.8, 4) is 0 Å². The van der Waals surface area contributed by atoms with Gasteiger partial charge in [-0.2, -0.15) is 0 Å². The third-order valence-electron chi connectivity index (χ3n) is 4.35. The predicted molar refractivity (Wildman–Crippen MR) is 99.8 cm³/mol. The Kier molecular flexibility index (Phi) is 4.51. The number of anilines is 2. The number of benzene rings is 2. The van der Waals surface area contributed by atoms with Crippen LogP contribution in [0.4, 0.5) is 11.4 Å². The maximum absolute atomic E-state index is 12.7. The Hall–Kier alpha value is -2.05. The quantitative estimate of drug-likeness (QED) is 0.884. The number of amides is 1. The van der Waals surface area contributed by atoms with Crippen molar-refractivity contribution >= 4 is 38.9 Å². The van der Waals surface area contributed by atoms with Gasteiger partial charge < -0.3 is 4.90 Å². The number of aryl methyl sites for hydroxylation is 1. The molecular weight excluding hydrogens is 360 g/mol. The van der Waals surface area contributed by atoms with Crippen LogP contribution in [0.3, 0.4) is 0 Å². The van der Waals surface area contributed by atoms with Gasteiger partial charge in [0.15, 0.2) is 0 Å². The Morgan fingerprint density at radius 3 is 2.60 bits per heavy atom. The number of rotatable bonds is 3. The summed E-state index contributed by atoms with van der Waals surface area (Å²) < 4.78 is 28.0. The van der Waals surface area contributed by atoms with Crippen LogP contribution in [-0.4, -0.2) is 20.4 Å². The van der Waals surface area contributed by atoms with E-state index in [1.807, 2.05) is 6.92 Å². The van der Waals surface area contributed by atoms with Crippen molar-refractivity contribution < 1.29 is 13.2 Å². The third-order valence-corrected chi connectivity index (χ3v) is 5.95. The topological polar surface area (TPSA) is 66.5 Å². The molecule has 132 valence electrons. The summed E-state index contributed by atoms with van der Waals surface area (Å²) >= 11 is 5.91. The van der Waals surface area contributed by atoms with Gasteiger partial charge in [-0.3, -0.25) is 9.52 Å². The molecule has 7 heteroatoms. The molecule has 5 nitrogen and oxygen atoms in total. The second kappa shape index (κ2) is 6.35. The smallest absolute Gasteiger partial charge is 0.261 e. The summed E-state index contributed by atoms with van der Waals surface area (Å²) in [4.78, 5) is 13.7. The fourth-order valence-corrected chi connectivity index (χ4v) is 4.61. The maximum atomic E-state index is 12.7. The van der Waals surface area contributed by atoms with Crippen LogP contribution in [0.1, 0.15) is 25.0 Å². The van der Waals surface area contributed by atoms with Gasteiger partial charge in [0.05, 0.1) is 10.6 Å². The molecule has 2 aromatic rings. The molecule has 0 bridgehead atoms. The SMILES string of the molecule is CC(=O)N1c2ccc(S(=O)(=O)Nc3ccc(Cl)cc3C)cc2C[C@@H]1C. The van der Waals surface area contributed by atoms with Crippen LogP contribution in [0.15, 0.2) is 41.3 Å². The highest BCUT2D eigenvalue weighted by Crippen LogP contribution is 2.34. The van der Waals surface area contributed by atoms with E-state index in [-0.39, 0.29) is 16.8 Å². The van der Waals surface area contributed by atoms with E-state index in [2.05, 4.69) is 4.72 Å². The van der Waals surface area contributed by atoms with Gasteiger partial charge in [-0.15, -0.1) is 0 Å². The summed E-state index contributed by atoms with van der Waals surface area (Å²) in [7, 11) is -3.72. The molecule has 0 aromatic heterocycles. The van der Waals surface area contributed by atoms with Gasteiger partial charge in [0.25, 0.3) is 10.0 Å². The van der Waals surface area contributed by atoms with E-state index in [0.717, 1.165) is 16.8 Å². The standard InChI is InChI=1S/C18H19ClN2O3S/c1-11-8-15(19)4-6-17(11)20-25(23,24)16-5-7-18-14(10-16)9-12(2)21(18)13(3)22/h4-8,10,12,20H,9H2,1-3H3/t12-/m0/s1. The number of hydrogen-bond acceptors (Lipinski definition) is 3. The highest BCUT2D eigenvalue weighted by atomic mass is 35.5. The lowest BCUT2D eigenvalue weighted by molar-refractivity contribution is -0.116. The van der Waals surface area contributed by atoms with E-state index >= 15 is 0 Å². The molecular formula is C18H19ClN2O3S. The van der Waals surface area contributed by atoms with Crippen LogP contribution in [-0.2, 0) is 21.2 Å². The number of carbonyl (C=O) groups excluding carboxylic acids is 1. The molecule has 1 amide bonds. The second-order valence-electron chi connectivity index (χ2n) is 6.30. The van der Waals surface area contributed by atoms with E-state index in [1.165, 1.54) is 13.0 Å². The highest BCUT2D eigenvalue weighted by molar-refractivity contribution is 7.92. The number of fused-ring (bicyclic) bond motifs is 1. The zero-order chi connectivity index (χ0) is 18.4. The molecule has 0 saturated heterocycles. The molecule has 0 unspecified atom stereocenters. The average Bonchev–Trinajstić information content (AvgIpc) is 2.85. The fourth-order valence-electron chi connectivity index (χ4n) is 3.20. The van der Waals surface area contributed by atoms with Crippen molar-refractivity contribution in [3.63, 3.8) is 0 Å². The first-order valence-electron chi connectivity index (χ1n) is 7.91. The van der Waals surface area contributed by atoms with E-state index < -0.39 is 10.0 Å². The van der Waals surface area contributed by atoms with E-state index in [1.54, 1.807) is 42.2 Å². The lowest BCUT2D eigenvalue weighted by Crippen LogP contribution is -2.33. The Balaban J connectivity index is 1.94. The number of nitrogens with zero attached hydrogens (tertiary/aromatic N) is 1. The van der Waals surface area contributed by atoms with Crippen molar-refractivity contribution in [2.24, 2.45) is 0 Å². The average molecular weight is 379 g/mol. The number of nitrogens with one attached hydrogen (secondary N) is 1. The second-order valence-corrected chi connectivity index (χ2v) is 8.42. The molecule has 3 rings (SSSR count). The Morgan fingerprint density at radius 1 is 1.24 bits per heavy atom. The number of sulfonamides is 1. The van der Waals surface area contributed by atoms with Gasteiger partial charge in [-0.05, 0) is 67.8 Å². The van der Waals surface area contributed by atoms with E-state index in [9.17, 15) is 13.2 Å². The van der Waals surface area contributed by atoms with Gasteiger partial charge in [0.2, 0.25) is 5.91 Å². The van der Waals surface area contributed by atoms with Crippen LogP contribution >= 0.6 is 11.6 Å². The molecule has 0 aliphatic carbocycles. The summed E-state index contributed by atoms with van der Waals surface area (Å²) in [6.45, 7) is 5.25. The lowest BCUT2D eigenvalue weighted by Gasteiger charge is -2.20. The summed E-state index contributed by atoms with van der Waals surface area (Å²) in [6, 6.07) is 9.88. The third kappa shape index (κ3) is 3.37. The summed E-state index contributed by atoms with van der Waals surface area (Å²) in [6.07, 6.45) is 0.637. The first-order valence-corrected chi connectivity index (χ1v) is 9.77. The summed E-state index contributed by atoms with van der Waals surface area (Å²) in [5, 5.41) is 0.552. The Bertz CT molecular complexity index is 957. The van der Waals surface area contributed by atoms with Crippen molar-refractivity contribution in [3.05, 3.63) is 52.5 Å². The maximum Gasteiger partial charge on any atom is 0.261 e. The molecule has 2 aromatic carbocycles. The van der Waals surface area contributed by atoms with Gasteiger partial charge in [0, 0.05) is 23.7 Å². The highest BCUT2D eigenvalue weighted by Gasteiger charge is 2.30. The van der Waals surface area contributed by atoms with Crippen molar-refractivity contribution in [1.29, 1.82) is 0 Å². The van der Waals surface area contributed by atoms with E-state index in [4.69, 9.17) is 11.6 Å². The molecule has 1 aliphatic heterocycles. The lowest BCUT2D eigenvalue weighted by atomic mass is 10.1. The Morgan fingerprint density at radius 2 is 1.96 bits per heavy atom. The first-order chi connectivity index (χ1) is 11.7. The largest absolute Gasteiger partial charge is 0.309 e. The summed E-state index contributed by atoms with van der Waals surface area (Å²) in [5.41, 5.74) is 2.87. The van der Waals surface area contributed by atoms with Crippen molar-refractivity contribution in [2.45, 2.75) is 38.1 Å². The van der Waals surface area contributed by atoms with Crippen molar-refractivity contribution in [1.82, 2.24) is 0 Å². The predicted octanol–water partition coefficient (Wildman–Crippen LogP) is 3.75. The minimum atomic E-state index is -3.72. The fraction of sp³-hybridized carbons (Fsp3) is 0.278. The number of hydrogen-bond donors (Lipinski definition) is 1. The van der Waals surface area contributed by atoms with Crippen LogP contribution in [0, 0.1) is 6.92 Å². The van der Waals surface area contributed by atoms with E-state index in [0.29, 0.717) is 17.1 Å². The molecule has 1 aliphatic rings. The molecule has 0 fully saturated rings. The number of halogens is 1. The zero-order valence-electron chi connectivity index (χ0n) is 14.2. The van der Waals surface area contributed by atoms with Crippen LogP contribution < -0.4 is 9.62 Å². The molecule has 1 N–H and O–H groups in total. The molecule has 0 spiro atoms. The molecule has 25 heavy (non-hydrogen) atoms. The van der Waals surface area contributed by atoms with Crippen LogP contribution in [0.25, 0.3) is 0 Å². The summed E-state index contributed by atoms with van der Waals surface area (Å²) in [5.74, 6) is -0.0447. The zero-order valence-corrected chi connectivity index (χ0v) is 15.8. The Labute approximate surface area is 152 Å². The molecule has 1 atom stereocenters. The normalized spacial score (nSPS) is 16.6. The first kappa shape index (κ1) is 17.8. The van der Waals surface area contributed by atoms with Crippen LogP contribution in [0.2, 0.25) is 5.02 Å². The van der Waals surface area contributed by atoms with Gasteiger partial charge >= 0.3 is 0 Å². The molecule has 0 radical (unpaired) electrons. The van der Waals surface area contributed by atoms with Gasteiger partial charge in [0.1, 0.15) is 0 Å². The monoisotopic (exact) mass is 378 g/mol. The molecule has 0 saturated carbocycles. The minimum absolute atomic E-state index is 0.0249. The molecule has 1 heterocycles. The number of carbonyl (C=O) groups is 1.